The second-order valence-electron chi connectivity index (χ2n) is 4.39. The summed E-state index contributed by atoms with van der Waals surface area (Å²) in [6, 6.07) is 2.29. The molecular formula is C13H17N3OS. The van der Waals surface area contributed by atoms with Gasteiger partial charge in [-0.2, -0.15) is 5.10 Å². The Labute approximate surface area is 111 Å². The Morgan fingerprint density at radius 1 is 1.56 bits per heavy atom. The van der Waals surface area contributed by atoms with Crippen molar-refractivity contribution in [2.45, 2.75) is 39.7 Å². The van der Waals surface area contributed by atoms with Gasteiger partial charge in [0.1, 0.15) is 0 Å². The first kappa shape index (κ1) is 13.0. The summed E-state index contributed by atoms with van der Waals surface area (Å²) in [5.74, 6) is 0.0926. The zero-order chi connectivity index (χ0) is 13.1. The average molecular weight is 263 g/mol. The second kappa shape index (κ2) is 5.44. The molecule has 0 aliphatic carbocycles. The van der Waals surface area contributed by atoms with E-state index in [4.69, 9.17) is 0 Å². The molecule has 0 radical (unpaired) electrons. The highest BCUT2D eigenvalue weighted by Gasteiger charge is 2.12. The Morgan fingerprint density at radius 3 is 2.94 bits per heavy atom. The van der Waals surface area contributed by atoms with Gasteiger partial charge in [-0.1, -0.05) is 6.92 Å². The largest absolute Gasteiger partial charge is 0.293 e. The van der Waals surface area contributed by atoms with E-state index in [-0.39, 0.29) is 5.78 Å². The van der Waals surface area contributed by atoms with Gasteiger partial charge < -0.3 is 0 Å². The zero-order valence-electron chi connectivity index (χ0n) is 10.9. The van der Waals surface area contributed by atoms with Crippen LogP contribution in [0, 0.1) is 6.92 Å². The van der Waals surface area contributed by atoms with Crippen LogP contribution in [-0.2, 0) is 6.42 Å². The summed E-state index contributed by atoms with van der Waals surface area (Å²) in [5.41, 5.74) is 0.825. The average Bonchev–Trinajstić information content (AvgIpc) is 2.97. The van der Waals surface area contributed by atoms with Gasteiger partial charge in [0.05, 0.1) is 22.0 Å². The summed E-state index contributed by atoms with van der Waals surface area (Å²) >= 11 is 1.44. The molecule has 0 spiro atoms. The third-order valence-corrected chi connectivity index (χ3v) is 3.90. The monoisotopic (exact) mass is 263 g/mol. The van der Waals surface area contributed by atoms with E-state index in [9.17, 15) is 4.79 Å². The maximum Gasteiger partial charge on any atom is 0.180 e. The molecule has 0 N–H and O–H groups in total. The molecule has 0 saturated carbocycles. The van der Waals surface area contributed by atoms with Gasteiger partial charge in [-0.15, -0.1) is 11.3 Å². The summed E-state index contributed by atoms with van der Waals surface area (Å²) in [4.78, 5) is 16.8. The van der Waals surface area contributed by atoms with Crippen LogP contribution in [0.15, 0.2) is 18.5 Å². The molecule has 2 heterocycles. The molecule has 18 heavy (non-hydrogen) atoms. The lowest BCUT2D eigenvalue weighted by Crippen LogP contribution is -2.07. The predicted octanol–water partition coefficient (Wildman–Crippen LogP) is 3.04. The van der Waals surface area contributed by atoms with Crippen LogP contribution in [0.3, 0.4) is 0 Å². The number of thiazole rings is 1. The van der Waals surface area contributed by atoms with Crippen molar-refractivity contribution in [3.8, 4) is 0 Å². The number of carbonyl (C=O) groups is 1. The van der Waals surface area contributed by atoms with Gasteiger partial charge in [-0.05, 0) is 26.3 Å². The predicted molar refractivity (Wildman–Crippen MR) is 72.1 cm³/mol. The quantitative estimate of drug-likeness (QED) is 0.779. The fourth-order valence-corrected chi connectivity index (χ4v) is 2.36. The van der Waals surface area contributed by atoms with E-state index in [0.29, 0.717) is 17.3 Å². The van der Waals surface area contributed by atoms with Crippen LogP contribution in [0.4, 0.5) is 0 Å². The van der Waals surface area contributed by atoms with Crippen LogP contribution in [0.25, 0.3) is 0 Å². The van der Waals surface area contributed by atoms with Crippen LogP contribution >= 0.6 is 11.3 Å². The van der Waals surface area contributed by atoms with Gasteiger partial charge in [-0.3, -0.25) is 9.48 Å². The van der Waals surface area contributed by atoms with Crippen LogP contribution in [0.2, 0.25) is 0 Å². The molecule has 1 atom stereocenters. The van der Waals surface area contributed by atoms with Gasteiger partial charge in [0.25, 0.3) is 0 Å². The summed E-state index contributed by atoms with van der Waals surface area (Å²) in [6.45, 7) is 6.14. The fraction of sp³-hybridized carbons (Fsp3) is 0.462. The fourth-order valence-electron chi connectivity index (χ4n) is 1.65. The van der Waals surface area contributed by atoms with Crippen molar-refractivity contribution in [1.29, 1.82) is 0 Å². The molecule has 96 valence electrons. The van der Waals surface area contributed by atoms with Gasteiger partial charge in [-0.25, -0.2) is 4.98 Å². The Balaban J connectivity index is 2.05. The highest BCUT2D eigenvalue weighted by Crippen LogP contribution is 2.15. The van der Waals surface area contributed by atoms with Crippen molar-refractivity contribution in [1.82, 2.24) is 14.8 Å². The molecule has 4 nitrogen and oxygen atoms in total. The van der Waals surface area contributed by atoms with E-state index in [0.717, 1.165) is 17.1 Å². The van der Waals surface area contributed by atoms with Crippen molar-refractivity contribution >= 4 is 17.1 Å². The van der Waals surface area contributed by atoms with Crippen molar-refractivity contribution < 1.29 is 4.79 Å². The van der Waals surface area contributed by atoms with E-state index in [1.807, 2.05) is 23.9 Å². The lowest BCUT2D eigenvalue weighted by atomic mass is 10.2. The number of aryl methyl sites for hydroxylation is 1. The Hall–Kier alpha value is -1.49. The van der Waals surface area contributed by atoms with Crippen LogP contribution in [0.5, 0.6) is 0 Å². The topological polar surface area (TPSA) is 47.8 Å². The first-order valence-corrected chi connectivity index (χ1v) is 6.91. The number of hydrogen-bond acceptors (Lipinski definition) is 4. The molecule has 5 heteroatoms. The van der Waals surface area contributed by atoms with Crippen LogP contribution in [-0.4, -0.2) is 20.5 Å². The molecule has 0 bridgehead atoms. The minimum Gasteiger partial charge on any atom is -0.293 e. The third kappa shape index (κ3) is 2.85. The van der Waals surface area contributed by atoms with Crippen LogP contribution < -0.4 is 0 Å². The molecule has 2 aromatic rings. The normalized spacial score (nSPS) is 12.6. The van der Waals surface area contributed by atoms with Crippen molar-refractivity contribution in [2.24, 2.45) is 0 Å². The van der Waals surface area contributed by atoms with Crippen molar-refractivity contribution in [2.75, 3.05) is 0 Å². The second-order valence-corrected chi connectivity index (χ2v) is 5.62. The van der Waals surface area contributed by atoms with E-state index in [1.165, 1.54) is 11.3 Å². The van der Waals surface area contributed by atoms with Gasteiger partial charge >= 0.3 is 0 Å². The van der Waals surface area contributed by atoms with Crippen LogP contribution in [0.1, 0.15) is 46.7 Å². The highest BCUT2D eigenvalue weighted by atomic mass is 32.1. The molecule has 0 fully saturated rings. The third-order valence-electron chi connectivity index (χ3n) is 2.94. The number of aromatic nitrogens is 3. The standard InChI is InChI=1S/C13H17N3OS/c1-4-9(2)16-6-5-11(15-16)7-12(17)13-8-14-10(3)18-13/h5-6,8-9H,4,7H2,1-3H3. The Morgan fingerprint density at radius 2 is 2.33 bits per heavy atom. The van der Waals surface area contributed by atoms with E-state index in [2.05, 4.69) is 23.9 Å². The number of nitrogens with zero attached hydrogens (tertiary/aromatic N) is 3. The molecule has 0 aliphatic rings. The molecule has 0 aromatic carbocycles. The summed E-state index contributed by atoms with van der Waals surface area (Å²) < 4.78 is 1.92. The lowest BCUT2D eigenvalue weighted by molar-refractivity contribution is 0.0995. The first-order valence-electron chi connectivity index (χ1n) is 6.09. The number of Topliss-reactive ketones (excluding diaryl/α,β-unsaturated/α-hetero) is 1. The Bertz CT molecular complexity index is 544. The minimum atomic E-state index is 0.0926. The molecule has 2 rings (SSSR count). The van der Waals surface area contributed by atoms with Gasteiger partial charge in [0.15, 0.2) is 5.78 Å². The number of rotatable bonds is 5. The SMILES string of the molecule is CCC(C)n1ccc(CC(=O)c2cnc(C)s2)n1. The molecule has 0 amide bonds. The lowest BCUT2D eigenvalue weighted by Gasteiger charge is -2.07. The number of carbonyl (C=O) groups excluding carboxylic acids is 1. The highest BCUT2D eigenvalue weighted by molar-refractivity contribution is 7.13. The summed E-state index contributed by atoms with van der Waals surface area (Å²) in [5, 5.41) is 5.35. The molecule has 1 unspecified atom stereocenters. The number of ketones is 1. The molecular weight excluding hydrogens is 246 g/mol. The molecule has 0 aliphatic heterocycles. The smallest absolute Gasteiger partial charge is 0.180 e. The molecule has 2 aromatic heterocycles. The van der Waals surface area contributed by atoms with E-state index < -0.39 is 0 Å². The summed E-state index contributed by atoms with van der Waals surface area (Å²) in [7, 11) is 0. The summed E-state index contributed by atoms with van der Waals surface area (Å²) in [6.07, 6.45) is 4.97. The van der Waals surface area contributed by atoms with Gasteiger partial charge in [0, 0.05) is 18.4 Å². The maximum atomic E-state index is 12.0. The van der Waals surface area contributed by atoms with E-state index in [1.54, 1.807) is 6.20 Å². The van der Waals surface area contributed by atoms with Gasteiger partial charge in [0.2, 0.25) is 0 Å². The zero-order valence-corrected chi connectivity index (χ0v) is 11.7. The van der Waals surface area contributed by atoms with Crippen molar-refractivity contribution in [3.63, 3.8) is 0 Å². The Kier molecular flexibility index (Phi) is 3.91. The number of hydrogen-bond donors (Lipinski definition) is 0. The van der Waals surface area contributed by atoms with Crippen molar-refractivity contribution in [3.05, 3.63) is 34.0 Å². The molecule has 0 saturated heterocycles. The first-order chi connectivity index (χ1) is 8.60. The van der Waals surface area contributed by atoms with E-state index >= 15 is 0 Å². The maximum absolute atomic E-state index is 12.0. The minimum absolute atomic E-state index is 0.0926.